The van der Waals surface area contributed by atoms with Crippen LogP contribution in [0.1, 0.15) is 18.4 Å². The van der Waals surface area contributed by atoms with Crippen LogP contribution in [0.25, 0.3) is 0 Å². The number of ether oxygens (including phenoxy) is 3. The fraction of sp³-hybridized carbons (Fsp3) is 0.474. The van der Waals surface area contributed by atoms with Gasteiger partial charge in [0.05, 0.1) is 32.3 Å². The summed E-state index contributed by atoms with van der Waals surface area (Å²) in [4.78, 5) is 27.6. The van der Waals surface area contributed by atoms with E-state index in [0.29, 0.717) is 13.2 Å². The maximum Gasteiger partial charge on any atom is 0.410 e. The maximum absolute atomic E-state index is 13.3. The van der Waals surface area contributed by atoms with Crippen molar-refractivity contribution in [2.75, 3.05) is 20.3 Å². The number of ketones is 1. The fourth-order valence-electron chi connectivity index (χ4n) is 4.38. The molecule has 0 spiro atoms. The molecular formula is C19H21NO5. The first-order valence-corrected chi connectivity index (χ1v) is 8.49. The zero-order chi connectivity index (χ0) is 17.6. The molecule has 3 aliphatic rings. The predicted molar refractivity (Wildman–Crippen MR) is 88.9 cm³/mol. The van der Waals surface area contributed by atoms with Gasteiger partial charge in [-0.15, -0.1) is 0 Å². The zero-order valence-corrected chi connectivity index (χ0v) is 14.3. The Morgan fingerprint density at radius 2 is 1.92 bits per heavy atom. The third-order valence-electron chi connectivity index (χ3n) is 5.57. The molecule has 0 unspecified atom stereocenters. The smallest absolute Gasteiger partial charge is 0.410 e. The fourth-order valence-corrected chi connectivity index (χ4v) is 4.38. The molecule has 2 bridgehead atoms. The van der Waals surface area contributed by atoms with Crippen LogP contribution >= 0.6 is 0 Å². The number of rotatable bonds is 2. The first-order valence-electron chi connectivity index (χ1n) is 8.49. The standard InChI is InChI=1S/C19H21NO5/c1-12-16(21)15(13-6-4-3-5-7-13)14-8-9-19(12,17-24-10-11-25-17)20(14)18(22)23-2/h3-9,12,14-15,17H,10-11H2,1-2H3/t12-,14+,15-,19-/m0/s1. The number of amides is 1. The number of benzene rings is 1. The van der Waals surface area contributed by atoms with Crippen molar-refractivity contribution >= 4 is 11.9 Å². The minimum Gasteiger partial charge on any atom is -0.453 e. The topological polar surface area (TPSA) is 65.1 Å². The lowest BCUT2D eigenvalue weighted by Gasteiger charge is -2.51. The summed E-state index contributed by atoms with van der Waals surface area (Å²) in [7, 11) is 1.35. The van der Waals surface area contributed by atoms with Crippen LogP contribution in [0, 0.1) is 5.92 Å². The maximum atomic E-state index is 13.3. The number of hydrogen-bond acceptors (Lipinski definition) is 5. The van der Waals surface area contributed by atoms with Gasteiger partial charge in [-0.1, -0.05) is 49.4 Å². The van der Waals surface area contributed by atoms with E-state index < -0.39 is 35.8 Å². The Bertz CT molecular complexity index is 712. The molecule has 0 aromatic heterocycles. The van der Waals surface area contributed by atoms with E-state index in [0.717, 1.165) is 5.56 Å². The highest BCUT2D eigenvalue weighted by Gasteiger charge is 2.64. The molecule has 0 saturated carbocycles. The number of carbonyl (C=O) groups excluding carboxylic acids is 2. The molecule has 3 heterocycles. The molecule has 1 aromatic carbocycles. The molecule has 0 aliphatic carbocycles. The van der Waals surface area contributed by atoms with E-state index in [1.165, 1.54) is 7.11 Å². The Balaban J connectivity index is 1.82. The number of methoxy groups -OCH3 is 1. The second kappa shape index (κ2) is 5.97. The van der Waals surface area contributed by atoms with Gasteiger partial charge in [0.25, 0.3) is 0 Å². The van der Waals surface area contributed by atoms with Crippen LogP contribution in [-0.2, 0) is 19.0 Å². The van der Waals surface area contributed by atoms with Crippen molar-refractivity contribution in [3.63, 3.8) is 0 Å². The summed E-state index contributed by atoms with van der Waals surface area (Å²) >= 11 is 0. The number of piperidine rings is 1. The van der Waals surface area contributed by atoms with Crippen molar-refractivity contribution in [1.29, 1.82) is 0 Å². The molecule has 25 heavy (non-hydrogen) atoms. The van der Waals surface area contributed by atoms with Crippen molar-refractivity contribution < 1.29 is 23.8 Å². The van der Waals surface area contributed by atoms with Crippen LogP contribution in [0.15, 0.2) is 42.5 Å². The number of carbonyl (C=O) groups is 2. The average molecular weight is 343 g/mol. The SMILES string of the molecule is COC(=O)N1[C@@H]2C=C[C@@]1(C1OCCO1)[C@@H](C)C(=O)[C@H]2c1ccccc1. The van der Waals surface area contributed by atoms with Crippen molar-refractivity contribution in [3.8, 4) is 0 Å². The van der Waals surface area contributed by atoms with Gasteiger partial charge in [-0.25, -0.2) is 4.79 Å². The Labute approximate surface area is 146 Å². The summed E-state index contributed by atoms with van der Waals surface area (Å²) in [6, 6.07) is 9.15. The lowest BCUT2D eigenvalue weighted by Crippen LogP contribution is -2.68. The molecule has 6 heteroatoms. The van der Waals surface area contributed by atoms with Crippen molar-refractivity contribution in [1.82, 2.24) is 4.90 Å². The van der Waals surface area contributed by atoms with Crippen LogP contribution in [0.5, 0.6) is 0 Å². The third kappa shape index (κ3) is 2.17. The van der Waals surface area contributed by atoms with Crippen LogP contribution in [0.2, 0.25) is 0 Å². The molecule has 6 nitrogen and oxygen atoms in total. The summed E-state index contributed by atoms with van der Waals surface area (Å²) in [6.07, 6.45) is 2.68. The van der Waals surface area contributed by atoms with Crippen molar-refractivity contribution in [3.05, 3.63) is 48.0 Å². The van der Waals surface area contributed by atoms with E-state index in [9.17, 15) is 9.59 Å². The molecule has 4 atom stereocenters. The predicted octanol–water partition coefficient (Wildman–Crippen LogP) is 2.11. The second-order valence-corrected chi connectivity index (χ2v) is 6.66. The molecule has 4 rings (SSSR count). The molecule has 1 aromatic rings. The minimum atomic E-state index is -0.962. The largest absolute Gasteiger partial charge is 0.453 e. The number of fused-ring (bicyclic) bond motifs is 2. The van der Waals surface area contributed by atoms with E-state index in [1.54, 1.807) is 4.90 Å². The van der Waals surface area contributed by atoms with Gasteiger partial charge in [-0.2, -0.15) is 0 Å². The monoisotopic (exact) mass is 343 g/mol. The molecule has 0 N–H and O–H groups in total. The van der Waals surface area contributed by atoms with E-state index in [-0.39, 0.29) is 5.78 Å². The summed E-state index contributed by atoms with van der Waals surface area (Å²) in [5.74, 6) is -0.820. The number of hydrogen-bond donors (Lipinski definition) is 0. The van der Waals surface area contributed by atoms with E-state index in [2.05, 4.69) is 0 Å². The van der Waals surface area contributed by atoms with Crippen molar-refractivity contribution in [2.45, 2.75) is 30.7 Å². The van der Waals surface area contributed by atoms with Crippen LogP contribution in [-0.4, -0.2) is 55.0 Å². The molecule has 2 saturated heterocycles. The van der Waals surface area contributed by atoms with Crippen LogP contribution < -0.4 is 0 Å². The quantitative estimate of drug-likeness (QED) is 0.770. The average Bonchev–Trinajstić information content (AvgIpc) is 3.28. The Hall–Kier alpha value is -2.18. The Morgan fingerprint density at radius 3 is 2.56 bits per heavy atom. The van der Waals surface area contributed by atoms with Gasteiger partial charge in [0.2, 0.25) is 0 Å². The van der Waals surface area contributed by atoms with Gasteiger partial charge < -0.3 is 14.2 Å². The third-order valence-corrected chi connectivity index (χ3v) is 5.57. The Morgan fingerprint density at radius 1 is 1.24 bits per heavy atom. The van der Waals surface area contributed by atoms with E-state index in [1.807, 2.05) is 49.4 Å². The lowest BCUT2D eigenvalue weighted by molar-refractivity contribution is -0.167. The first kappa shape index (κ1) is 16.3. The number of Topliss-reactive ketones (excluding diaryl/α,β-unsaturated/α-hetero) is 1. The molecule has 1 amide bonds. The van der Waals surface area contributed by atoms with Gasteiger partial charge in [-0.3, -0.25) is 9.69 Å². The molecule has 0 radical (unpaired) electrons. The molecule has 132 valence electrons. The summed E-state index contributed by atoms with van der Waals surface area (Å²) in [5.41, 5.74) is -0.0666. The van der Waals surface area contributed by atoms with E-state index >= 15 is 0 Å². The molecular weight excluding hydrogens is 322 g/mol. The second-order valence-electron chi connectivity index (χ2n) is 6.66. The molecule has 2 fully saturated rings. The Kier molecular flexibility index (Phi) is 3.89. The van der Waals surface area contributed by atoms with Crippen LogP contribution in [0.3, 0.4) is 0 Å². The lowest BCUT2D eigenvalue weighted by atomic mass is 9.71. The summed E-state index contributed by atoms with van der Waals surface area (Å²) < 4.78 is 16.5. The normalized spacial score (nSPS) is 34.6. The van der Waals surface area contributed by atoms with Gasteiger partial charge in [0, 0.05) is 5.92 Å². The zero-order valence-electron chi connectivity index (χ0n) is 14.3. The van der Waals surface area contributed by atoms with Gasteiger partial charge >= 0.3 is 6.09 Å². The first-order chi connectivity index (χ1) is 12.1. The highest BCUT2D eigenvalue weighted by molar-refractivity contribution is 5.94. The highest BCUT2D eigenvalue weighted by atomic mass is 16.7. The van der Waals surface area contributed by atoms with Gasteiger partial charge in [0.15, 0.2) is 6.29 Å². The van der Waals surface area contributed by atoms with Crippen molar-refractivity contribution in [2.24, 2.45) is 5.92 Å². The van der Waals surface area contributed by atoms with E-state index in [4.69, 9.17) is 14.2 Å². The summed E-state index contributed by atoms with van der Waals surface area (Å²) in [5, 5.41) is 0. The van der Waals surface area contributed by atoms with Gasteiger partial charge in [0.1, 0.15) is 11.3 Å². The summed E-state index contributed by atoms with van der Waals surface area (Å²) in [6.45, 7) is 2.73. The van der Waals surface area contributed by atoms with Gasteiger partial charge in [-0.05, 0) is 5.56 Å². The highest BCUT2D eigenvalue weighted by Crippen LogP contribution is 2.50. The number of nitrogens with zero attached hydrogens (tertiary/aromatic N) is 1. The minimum absolute atomic E-state index is 0.0838. The van der Waals surface area contributed by atoms with Crippen LogP contribution in [0.4, 0.5) is 4.79 Å². The molecule has 3 aliphatic heterocycles.